The van der Waals surface area contributed by atoms with E-state index in [4.69, 9.17) is 0 Å². The van der Waals surface area contributed by atoms with Gasteiger partial charge in [-0.3, -0.25) is 4.79 Å². The number of carbonyl (C=O) groups excluding carboxylic acids is 1. The Balaban J connectivity index is 1.54. The molecule has 1 fully saturated rings. The van der Waals surface area contributed by atoms with Gasteiger partial charge < -0.3 is 9.80 Å². The van der Waals surface area contributed by atoms with Gasteiger partial charge in [-0.05, 0) is 55.3 Å². The molecule has 168 valence electrons. The summed E-state index contributed by atoms with van der Waals surface area (Å²) < 4.78 is 40.5. The maximum atomic E-state index is 13.5. The second-order valence-corrected chi connectivity index (χ2v) is 7.64. The molecular weight excluding hydrogens is 429 g/mol. The third-order valence-electron chi connectivity index (χ3n) is 5.33. The molecule has 0 saturated carbocycles. The van der Waals surface area contributed by atoms with Crippen LogP contribution in [0, 0.1) is 18.8 Å². The van der Waals surface area contributed by atoms with Gasteiger partial charge >= 0.3 is 6.18 Å². The molecule has 4 rings (SSSR count). The third-order valence-corrected chi connectivity index (χ3v) is 5.33. The topological polar surface area (TPSA) is 49.3 Å². The van der Waals surface area contributed by atoms with E-state index in [0.717, 1.165) is 17.6 Å². The zero-order valence-corrected chi connectivity index (χ0v) is 17.9. The van der Waals surface area contributed by atoms with Gasteiger partial charge in [0.25, 0.3) is 5.91 Å². The van der Waals surface area contributed by atoms with Crippen LogP contribution in [-0.2, 0) is 6.18 Å². The Bertz CT molecular complexity index is 1210. The minimum atomic E-state index is -4.58. The molecule has 0 unspecified atom stereocenters. The second kappa shape index (κ2) is 9.33. The van der Waals surface area contributed by atoms with Gasteiger partial charge in [0.1, 0.15) is 11.5 Å². The minimum Gasteiger partial charge on any atom is -0.353 e. The molecule has 1 saturated heterocycles. The van der Waals surface area contributed by atoms with Gasteiger partial charge in [-0.15, -0.1) is 0 Å². The Hall–Kier alpha value is -3.86. The van der Waals surface area contributed by atoms with E-state index in [1.807, 2.05) is 25.1 Å². The molecule has 1 aliphatic heterocycles. The molecule has 5 nitrogen and oxygen atoms in total. The van der Waals surface area contributed by atoms with Crippen molar-refractivity contribution in [2.24, 2.45) is 0 Å². The van der Waals surface area contributed by atoms with E-state index < -0.39 is 11.7 Å². The van der Waals surface area contributed by atoms with E-state index in [-0.39, 0.29) is 17.0 Å². The number of rotatable bonds is 2. The first-order chi connectivity index (χ1) is 15.8. The van der Waals surface area contributed by atoms with E-state index in [0.29, 0.717) is 31.9 Å². The van der Waals surface area contributed by atoms with E-state index >= 15 is 0 Å². The zero-order chi connectivity index (χ0) is 23.4. The fraction of sp³-hybridized carbons (Fsp3) is 0.240. The normalized spacial score (nSPS) is 13.9. The van der Waals surface area contributed by atoms with Crippen LogP contribution in [0.1, 0.15) is 32.9 Å². The lowest BCUT2D eigenvalue weighted by Crippen LogP contribution is -2.49. The first-order valence-electron chi connectivity index (χ1n) is 10.4. The van der Waals surface area contributed by atoms with Crippen molar-refractivity contribution in [3.63, 3.8) is 0 Å². The number of anilines is 1. The van der Waals surface area contributed by atoms with Crippen molar-refractivity contribution in [2.75, 3.05) is 31.1 Å². The Morgan fingerprint density at radius 1 is 0.970 bits per heavy atom. The summed E-state index contributed by atoms with van der Waals surface area (Å²) in [6, 6.07) is 14.1. The number of halogens is 3. The van der Waals surface area contributed by atoms with Crippen LogP contribution in [-0.4, -0.2) is 47.0 Å². The predicted molar refractivity (Wildman–Crippen MR) is 119 cm³/mol. The van der Waals surface area contributed by atoms with Crippen molar-refractivity contribution in [1.82, 2.24) is 14.9 Å². The van der Waals surface area contributed by atoms with Gasteiger partial charge in [0.15, 0.2) is 0 Å². The van der Waals surface area contributed by atoms with E-state index in [1.54, 1.807) is 23.1 Å². The molecule has 2 aromatic heterocycles. The molecule has 33 heavy (non-hydrogen) atoms. The van der Waals surface area contributed by atoms with Crippen LogP contribution in [0.2, 0.25) is 0 Å². The highest BCUT2D eigenvalue weighted by Gasteiger charge is 2.34. The molecular formula is C25H21F3N4O. The number of pyridine rings is 2. The molecule has 8 heteroatoms. The van der Waals surface area contributed by atoms with E-state index in [9.17, 15) is 18.0 Å². The Labute approximate surface area is 189 Å². The van der Waals surface area contributed by atoms with Gasteiger partial charge in [-0.1, -0.05) is 18.1 Å². The van der Waals surface area contributed by atoms with Crippen LogP contribution in [0.3, 0.4) is 0 Å². The van der Waals surface area contributed by atoms with Gasteiger partial charge in [0, 0.05) is 49.2 Å². The number of aryl methyl sites for hydroxylation is 1. The third kappa shape index (κ3) is 5.32. The highest BCUT2D eigenvalue weighted by atomic mass is 19.4. The van der Waals surface area contributed by atoms with E-state index in [2.05, 4.69) is 26.7 Å². The Morgan fingerprint density at radius 2 is 1.76 bits per heavy atom. The molecule has 0 N–H and O–H groups in total. The van der Waals surface area contributed by atoms with Crippen LogP contribution in [0.5, 0.6) is 0 Å². The number of benzene rings is 1. The van der Waals surface area contributed by atoms with Crippen LogP contribution in [0.4, 0.5) is 19.0 Å². The Kier molecular flexibility index (Phi) is 6.31. The van der Waals surface area contributed by atoms with Crippen molar-refractivity contribution in [3.8, 4) is 11.8 Å². The second-order valence-electron chi connectivity index (χ2n) is 7.64. The van der Waals surface area contributed by atoms with Gasteiger partial charge in [0.05, 0.1) is 5.56 Å². The zero-order valence-electron chi connectivity index (χ0n) is 17.9. The van der Waals surface area contributed by atoms with Crippen molar-refractivity contribution >= 4 is 11.7 Å². The average Bonchev–Trinajstić information content (AvgIpc) is 2.82. The van der Waals surface area contributed by atoms with E-state index in [1.165, 1.54) is 18.3 Å². The highest BCUT2D eigenvalue weighted by Crippen LogP contribution is 2.32. The standard InChI is InChI=1S/C25H21F3N4O/c1-18-5-4-7-23(30-18)31-13-15-32(16-14-31)24(33)20-9-11-22(25(26,27)28)19(17-20)8-10-21-6-2-3-12-29-21/h2-7,9,11-12,17H,13-16H2,1H3. The molecule has 0 spiro atoms. The van der Waals surface area contributed by atoms with Crippen molar-refractivity contribution in [2.45, 2.75) is 13.1 Å². The number of carbonyl (C=O) groups is 1. The number of alkyl halides is 3. The number of hydrogen-bond acceptors (Lipinski definition) is 4. The van der Waals surface area contributed by atoms with Crippen LogP contribution >= 0.6 is 0 Å². The summed E-state index contributed by atoms with van der Waals surface area (Å²) in [5, 5.41) is 0. The lowest BCUT2D eigenvalue weighted by atomic mass is 10.0. The number of nitrogens with zero attached hydrogens (tertiary/aromatic N) is 4. The van der Waals surface area contributed by atoms with Crippen LogP contribution in [0.25, 0.3) is 0 Å². The average molecular weight is 450 g/mol. The molecule has 0 bridgehead atoms. The molecule has 3 aromatic rings. The first-order valence-corrected chi connectivity index (χ1v) is 10.4. The highest BCUT2D eigenvalue weighted by molar-refractivity contribution is 5.95. The molecule has 1 amide bonds. The quantitative estimate of drug-likeness (QED) is 0.550. The van der Waals surface area contributed by atoms with Crippen molar-refractivity contribution in [1.29, 1.82) is 0 Å². The fourth-order valence-electron chi connectivity index (χ4n) is 3.62. The summed E-state index contributed by atoms with van der Waals surface area (Å²) in [7, 11) is 0. The number of piperazine rings is 1. The maximum absolute atomic E-state index is 13.5. The molecule has 1 aliphatic rings. The lowest BCUT2D eigenvalue weighted by Gasteiger charge is -2.35. The summed E-state index contributed by atoms with van der Waals surface area (Å²) in [6.45, 7) is 4.00. The number of hydrogen-bond donors (Lipinski definition) is 0. The molecule has 0 aliphatic carbocycles. The molecule has 1 aromatic carbocycles. The van der Waals surface area contributed by atoms with Gasteiger partial charge in [-0.2, -0.15) is 13.2 Å². The van der Waals surface area contributed by atoms with Crippen LogP contribution in [0.15, 0.2) is 60.8 Å². The number of amides is 1. The molecule has 0 atom stereocenters. The molecule has 3 heterocycles. The van der Waals surface area contributed by atoms with Crippen molar-refractivity contribution < 1.29 is 18.0 Å². The molecule has 0 radical (unpaired) electrons. The predicted octanol–water partition coefficient (Wildman–Crippen LogP) is 4.17. The summed E-state index contributed by atoms with van der Waals surface area (Å²) in [5.41, 5.74) is 0.313. The van der Waals surface area contributed by atoms with Gasteiger partial charge in [-0.25, -0.2) is 9.97 Å². The lowest BCUT2D eigenvalue weighted by molar-refractivity contribution is -0.137. The monoisotopic (exact) mass is 450 g/mol. The summed E-state index contributed by atoms with van der Waals surface area (Å²) >= 11 is 0. The fourth-order valence-corrected chi connectivity index (χ4v) is 3.62. The summed E-state index contributed by atoms with van der Waals surface area (Å²) in [5.74, 6) is 5.73. The maximum Gasteiger partial charge on any atom is 0.417 e. The van der Waals surface area contributed by atoms with Crippen molar-refractivity contribution in [3.05, 3.63) is 88.9 Å². The SMILES string of the molecule is Cc1cccc(N2CCN(C(=O)c3ccc(C(F)(F)F)c(C#Cc4ccccn4)c3)CC2)n1. The summed E-state index contributed by atoms with van der Waals surface area (Å²) in [4.78, 5) is 25.3. The smallest absolute Gasteiger partial charge is 0.353 e. The summed E-state index contributed by atoms with van der Waals surface area (Å²) in [6.07, 6.45) is -3.07. The first kappa shape index (κ1) is 22.3. The van der Waals surface area contributed by atoms with Gasteiger partial charge in [0.2, 0.25) is 0 Å². The minimum absolute atomic E-state index is 0.176. The Morgan fingerprint density at radius 3 is 2.42 bits per heavy atom. The van der Waals surface area contributed by atoms with Crippen LogP contribution < -0.4 is 4.90 Å². The number of aromatic nitrogens is 2. The largest absolute Gasteiger partial charge is 0.417 e.